The summed E-state index contributed by atoms with van der Waals surface area (Å²) in [5, 5.41) is 44.9. The second kappa shape index (κ2) is 17.2. The number of hydrogen-bond acceptors (Lipinski definition) is 13. The van der Waals surface area contributed by atoms with Crippen LogP contribution < -0.4 is 26.6 Å². The van der Waals surface area contributed by atoms with E-state index < -0.39 is 41.3 Å². The first kappa shape index (κ1) is 39.1. The molecular formula is C35H37N9O9S2. The first-order valence-corrected chi connectivity index (χ1v) is 18.7. The predicted octanol–water partition coefficient (Wildman–Crippen LogP) is 1.25. The van der Waals surface area contributed by atoms with Crippen LogP contribution in [0.1, 0.15) is 17.4 Å². The molecule has 288 valence electrons. The SMILES string of the molecule is O=C(Cc1ccc(NC(=O)Cc2ccc(Nc3ncnc4c3ncn4C3O[C@H](CO)[C@@H](O)[C@H]3O)cc2)cc1)NCCNC(=S)Nc1ccc(S(=O)(=O)O)cc1. The van der Waals surface area contributed by atoms with Crippen molar-refractivity contribution in [2.75, 3.05) is 35.6 Å². The Bertz CT molecular complexity index is 2260. The highest BCUT2D eigenvalue weighted by Crippen LogP contribution is 2.32. The first-order chi connectivity index (χ1) is 26.4. The first-order valence-electron chi connectivity index (χ1n) is 16.8. The van der Waals surface area contributed by atoms with Gasteiger partial charge in [0.2, 0.25) is 11.8 Å². The maximum absolute atomic E-state index is 12.8. The molecular weight excluding hydrogens is 755 g/mol. The number of carbonyl (C=O) groups is 2. The van der Waals surface area contributed by atoms with E-state index in [0.717, 1.165) is 11.1 Å². The molecule has 1 fully saturated rings. The van der Waals surface area contributed by atoms with Gasteiger partial charge in [0.15, 0.2) is 28.3 Å². The Morgan fingerprint density at radius 3 is 2.02 bits per heavy atom. The van der Waals surface area contributed by atoms with Crippen LogP contribution in [0, 0.1) is 0 Å². The number of imidazole rings is 1. The van der Waals surface area contributed by atoms with E-state index in [9.17, 15) is 33.3 Å². The maximum Gasteiger partial charge on any atom is 0.294 e. The van der Waals surface area contributed by atoms with Gasteiger partial charge in [0.25, 0.3) is 10.1 Å². The van der Waals surface area contributed by atoms with Crippen LogP contribution >= 0.6 is 12.2 Å². The number of benzene rings is 3. The molecule has 0 saturated carbocycles. The summed E-state index contributed by atoms with van der Waals surface area (Å²) in [5.74, 6) is -0.0412. The van der Waals surface area contributed by atoms with Crippen molar-refractivity contribution >= 4 is 73.3 Å². The summed E-state index contributed by atoms with van der Waals surface area (Å²) in [6, 6.07) is 19.5. The number of nitrogens with one attached hydrogen (secondary N) is 5. The van der Waals surface area contributed by atoms with E-state index in [4.69, 9.17) is 21.5 Å². The Balaban J connectivity index is 0.920. The van der Waals surface area contributed by atoms with Crippen LogP contribution in [0.3, 0.4) is 0 Å². The number of carbonyl (C=O) groups excluding carboxylic acids is 2. The molecule has 0 radical (unpaired) electrons. The van der Waals surface area contributed by atoms with Crippen molar-refractivity contribution in [2.45, 2.75) is 42.3 Å². The van der Waals surface area contributed by atoms with Crippen LogP contribution in [-0.4, -0.2) is 103 Å². The van der Waals surface area contributed by atoms with E-state index in [1.165, 1.54) is 41.5 Å². The molecule has 3 heterocycles. The Kier molecular flexibility index (Phi) is 12.3. The molecule has 0 aliphatic carbocycles. The van der Waals surface area contributed by atoms with Gasteiger partial charge in [0, 0.05) is 30.2 Å². The lowest BCUT2D eigenvalue weighted by Crippen LogP contribution is -2.37. The number of amides is 2. The highest BCUT2D eigenvalue weighted by molar-refractivity contribution is 7.85. The zero-order chi connectivity index (χ0) is 39.1. The third-order valence-electron chi connectivity index (χ3n) is 8.48. The van der Waals surface area contributed by atoms with Crippen molar-refractivity contribution in [1.82, 2.24) is 30.2 Å². The summed E-state index contributed by atoms with van der Waals surface area (Å²) in [7, 11) is -4.28. The Hall–Kier alpha value is -5.61. The number of thiocarbonyl (C=S) groups is 1. The predicted molar refractivity (Wildman–Crippen MR) is 204 cm³/mol. The van der Waals surface area contributed by atoms with Crippen molar-refractivity contribution in [3.05, 3.63) is 96.6 Å². The lowest BCUT2D eigenvalue weighted by Gasteiger charge is -2.16. The minimum absolute atomic E-state index is 0.115. The molecule has 9 N–H and O–H groups in total. The van der Waals surface area contributed by atoms with Crippen LogP contribution in [0.25, 0.3) is 11.2 Å². The number of fused-ring (bicyclic) bond motifs is 1. The average Bonchev–Trinajstić information content (AvgIpc) is 3.71. The highest BCUT2D eigenvalue weighted by atomic mass is 32.2. The van der Waals surface area contributed by atoms with Crippen molar-refractivity contribution in [2.24, 2.45) is 0 Å². The number of nitrogens with zero attached hydrogens (tertiary/aromatic N) is 4. The van der Waals surface area contributed by atoms with Gasteiger partial charge in [0.05, 0.1) is 30.7 Å². The maximum atomic E-state index is 12.8. The van der Waals surface area contributed by atoms with Gasteiger partial charge in [0.1, 0.15) is 24.6 Å². The smallest absolute Gasteiger partial charge is 0.294 e. The van der Waals surface area contributed by atoms with Gasteiger partial charge in [-0.05, 0) is 71.9 Å². The van der Waals surface area contributed by atoms with Crippen LogP contribution in [-0.2, 0) is 37.3 Å². The topological polar surface area (TPSA) is 262 Å². The summed E-state index contributed by atoms with van der Waals surface area (Å²) < 4.78 is 38.5. The molecule has 1 aliphatic heterocycles. The molecule has 18 nitrogen and oxygen atoms in total. The van der Waals surface area contributed by atoms with Gasteiger partial charge >= 0.3 is 0 Å². The van der Waals surface area contributed by atoms with Gasteiger partial charge in [-0.2, -0.15) is 8.42 Å². The minimum atomic E-state index is -4.28. The monoisotopic (exact) mass is 791 g/mol. The summed E-state index contributed by atoms with van der Waals surface area (Å²) in [4.78, 5) is 37.9. The molecule has 20 heteroatoms. The Morgan fingerprint density at radius 1 is 0.782 bits per heavy atom. The van der Waals surface area contributed by atoms with Crippen molar-refractivity contribution in [3.8, 4) is 0 Å². The van der Waals surface area contributed by atoms with Crippen molar-refractivity contribution in [3.63, 3.8) is 0 Å². The van der Waals surface area contributed by atoms with Gasteiger partial charge in [-0.15, -0.1) is 0 Å². The molecule has 1 unspecified atom stereocenters. The van der Waals surface area contributed by atoms with Gasteiger partial charge < -0.3 is 46.6 Å². The minimum Gasteiger partial charge on any atom is -0.394 e. The summed E-state index contributed by atoms with van der Waals surface area (Å²) in [6.07, 6.45) is -1.51. The zero-order valence-corrected chi connectivity index (χ0v) is 30.5. The molecule has 0 bridgehead atoms. The number of ether oxygens (including phenoxy) is 1. The van der Waals surface area contributed by atoms with Crippen LogP contribution in [0.2, 0.25) is 0 Å². The highest BCUT2D eigenvalue weighted by Gasteiger charge is 2.44. The number of anilines is 4. The Morgan fingerprint density at radius 2 is 1.38 bits per heavy atom. The molecule has 2 amide bonds. The molecule has 55 heavy (non-hydrogen) atoms. The largest absolute Gasteiger partial charge is 0.394 e. The normalized spacial score (nSPS) is 18.1. The molecule has 3 aromatic carbocycles. The summed E-state index contributed by atoms with van der Waals surface area (Å²) in [6.45, 7) is 0.179. The molecule has 0 spiro atoms. The summed E-state index contributed by atoms with van der Waals surface area (Å²) >= 11 is 5.21. The third-order valence-corrected chi connectivity index (χ3v) is 9.59. The van der Waals surface area contributed by atoms with Gasteiger partial charge in [-0.25, -0.2) is 15.0 Å². The Labute approximate surface area is 319 Å². The number of hydrogen-bond donors (Lipinski definition) is 9. The quantitative estimate of drug-likeness (QED) is 0.0436. The molecule has 4 atom stereocenters. The lowest BCUT2D eigenvalue weighted by molar-refractivity contribution is -0.120. The van der Waals surface area contributed by atoms with E-state index >= 15 is 0 Å². The number of aliphatic hydroxyl groups is 3. The average molecular weight is 792 g/mol. The second-order valence-electron chi connectivity index (χ2n) is 12.4. The molecule has 6 rings (SSSR count). The van der Waals surface area contributed by atoms with Crippen molar-refractivity contribution < 1.29 is 42.6 Å². The van der Waals surface area contributed by atoms with Crippen LogP contribution in [0.4, 0.5) is 22.9 Å². The van der Waals surface area contributed by atoms with Crippen LogP contribution in [0.15, 0.2) is 90.3 Å². The number of aromatic nitrogens is 4. The summed E-state index contributed by atoms with van der Waals surface area (Å²) in [5.41, 5.74) is 4.03. The fourth-order valence-electron chi connectivity index (χ4n) is 5.69. The van der Waals surface area contributed by atoms with E-state index in [0.29, 0.717) is 47.1 Å². The second-order valence-corrected chi connectivity index (χ2v) is 14.3. The van der Waals surface area contributed by atoms with E-state index in [-0.39, 0.29) is 34.7 Å². The number of rotatable bonds is 14. The fraction of sp³-hybridized carbons (Fsp3) is 0.257. The molecule has 1 saturated heterocycles. The van der Waals surface area contributed by atoms with Crippen LogP contribution in [0.5, 0.6) is 0 Å². The number of aliphatic hydroxyl groups excluding tert-OH is 3. The molecule has 1 aliphatic rings. The van der Waals surface area contributed by atoms with Gasteiger partial charge in [-0.3, -0.25) is 18.7 Å². The van der Waals surface area contributed by atoms with Crippen molar-refractivity contribution in [1.29, 1.82) is 0 Å². The molecule has 2 aromatic heterocycles. The standard InChI is InChI=1S/C35H37N9O9S2/c45-17-26-30(48)31(49)34(53-26)44-19-40-29-32(38-18-39-33(29)44)42-23-7-3-21(4-8-23)16-28(47)41-22-5-1-20(2-6-22)15-27(46)36-13-14-37-35(54)43-24-9-11-25(12-10-24)55(50,51)52/h1-12,18-19,26,30-31,34,45,48-49H,13-17H2,(H,36,46)(H,41,47)(H2,37,43,54)(H,38,39,42)(H,50,51,52)/t26-,30-,31-,34?/m1/s1. The van der Waals surface area contributed by atoms with E-state index in [1.807, 2.05) is 0 Å². The third kappa shape index (κ3) is 9.93. The van der Waals surface area contributed by atoms with E-state index in [1.54, 1.807) is 48.5 Å². The molecule has 5 aromatic rings. The fourth-order valence-corrected chi connectivity index (χ4v) is 6.39. The van der Waals surface area contributed by atoms with E-state index in [2.05, 4.69) is 41.5 Å². The zero-order valence-electron chi connectivity index (χ0n) is 28.9. The van der Waals surface area contributed by atoms with Gasteiger partial charge in [-0.1, -0.05) is 24.3 Å². The lowest BCUT2D eigenvalue weighted by atomic mass is 10.1.